The molecule has 2 amide bonds. The van der Waals surface area contributed by atoms with Gasteiger partial charge in [-0.25, -0.2) is 4.39 Å². The third-order valence-electron chi connectivity index (χ3n) is 7.26. The SMILES string of the molecule is C=CC(=O)NCCOCCOCCOCC(=O)N1CC[C@H]2[C@@H](C[C@H](Cc3cc(OC)ccc3F)CN2C)C1. The van der Waals surface area contributed by atoms with Crippen LogP contribution in [0.15, 0.2) is 30.9 Å². The molecule has 0 radical (unpaired) electrons. The molecule has 2 saturated heterocycles. The van der Waals surface area contributed by atoms with Gasteiger partial charge in [0.05, 0.1) is 40.1 Å². The van der Waals surface area contributed by atoms with Crippen LogP contribution in [0.3, 0.4) is 0 Å². The van der Waals surface area contributed by atoms with Gasteiger partial charge in [0.25, 0.3) is 0 Å². The fourth-order valence-electron chi connectivity index (χ4n) is 5.41. The second-order valence-corrected chi connectivity index (χ2v) is 9.93. The molecule has 2 aliphatic rings. The van der Waals surface area contributed by atoms with Crippen LogP contribution in [-0.4, -0.2) is 108 Å². The summed E-state index contributed by atoms with van der Waals surface area (Å²) in [7, 11) is 3.73. The van der Waals surface area contributed by atoms with Gasteiger partial charge < -0.3 is 34.1 Å². The summed E-state index contributed by atoms with van der Waals surface area (Å²) in [5.74, 6) is 0.927. The molecular weight excluding hydrogens is 493 g/mol. The van der Waals surface area contributed by atoms with Crippen molar-refractivity contribution in [2.45, 2.75) is 25.3 Å². The Morgan fingerprint density at radius 3 is 2.61 bits per heavy atom. The van der Waals surface area contributed by atoms with Crippen LogP contribution in [0.25, 0.3) is 0 Å². The van der Waals surface area contributed by atoms with E-state index >= 15 is 0 Å². The van der Waals surface area contributed by atoms with Crippen LogP contribution in [-0.2, 0) is 30.2 Å². The number of carbonyl (C=O) groups excluding carboxylic acids is 2. The minimum absolute atomic E-state index is 0.00280. The average molecular weight is 536 g/mol. The lowest BCUT2D eigenvalue weighted by Gasteiger charge is -2.48. The summed E-state index contributed by atoms with van der Waals surface area (Å²) in [5.41, 5.74) is 0.684. The van der Waals surface area contributed by atoms with E-state index in [-0.39, 0.29) is 24.2 Å². The number of piperidine rings is 2. The lowest BCUT2D eigenvalue weighted by Crippen LogP contribution is -2.56. The maximum absolute atomic E-state index is 14.4. The average Bonchev–Trinajstić information content (AvgIpc) is 2.92. The number of hydrogen-bond acceptors (Lipinski definition) is 7. The standard InChI is InChI=1S/C28H42FN3O6/c1-4-27(33)30-8-10-36-11-12-37-13-14-38-20-28(34)32-9-7-26-23(19-32)16-21(18-31(26)2)15-22-17-24(35-3)5-6-25(22)29/h4-6,17,21,23,26H,1,7-16,18-20H2,2-3H3,(H,30,33)/t21-,23-,26-/m0/s1. The Morgan fingerprint density at radius 1 is 1.13 bits per heavy atom. The van der Waals surface area contributed by atoms with E-state index in [1.165, 1.54) is 12.1 Å². The number of nitrogens with zero attached hydrogens (tertiary/aromatic N) is 2. The molecule has 2 aliphatic heterocycles. The van der Waals surface area contributed by atoms with Gasteiger partial charge in [-0.05, 0) is 68.0 Å². The number of likely N-dealkylation sites (tertiary alicyclic amines) is 2. The minimum atomic E-state index is -0.225. The maximum Gasteiger partial charge on any atom is 0.248 e. The van der Waals surface area contributed by atoms with E-state index in [2.05, 4.69) is 23.8 Å². The van der Waals surface area contributed by atoms with Gasteiger partial charge >= 0.3 is 0 Å². The highest BCUT2D eigenvalue weighted by atomic mass is 19.1. The van der Waals surface area contributed by atoms with Crippen molar-refractivity contribution < 1.29 is 32.9 Å². The van der Waals surface area contributed by atoms with Crippen molar-refractivity contribution in [1.82, 2.24) is 15.1 Å². The van der Waals surface area contributed by atoms with Gasteiger partial charge in [0.2, 0.25) is 11.8 Å². The first-order chi connectivity index (χ1) is 18.4. The summed E-state index contributed by atoms with van der Waals surface area (Å²) in [4.78, 5) is 28.1. The number of rotatable bonds is 15. The van der Waals surface area contributed by atoms with Gasteiger partial charge in [0.1, 0.15) is 18.2 Å². The third-order valence-corrected chi connectivity index (χ3v) is 7.26. The quantitative estimate of drug-likeness (QED) is 0.271. The van der Waals surface area contributed by atoms with Crippen molar-refractivity contribution in [1.29, 1.82) is 0 Å². The molecule has 10 heteroatoms. The Morgan fingerprint density at radius 2 is 1.87 bits per heavy atom. The van der Waals surface area contributed by atoms with Crippen LogP contribution in [0.4, 0.5) is 4.39 Å². The van der Waals surface area contributed by atoms with Crippen LogP contribution in [0.2, 0.25) is 0 Å². The highest BCUT2D eigenvalue weighted by Gasteiger charge is 2.39. The molecule has 3 atom stereocenters. The zero-order valence-electron chi connectivity index (χ0n) is 22.7. The fraction of sp³-hybridized carbons (Fsp3) is 0.643. The number of hydrogen-bond donors (Lipinski definition) is 1. The number of carbonyl (C=O) groups is 2. The third kappa shape index (κ3) is 9.34. The molecular formula is C28H42FN3O6. The molecule has 0 spiro atoms. The van der Waals surface area contributed by atoms with Gasteiger partial charge in [-0.15, -0.1) is 0 Å². The Balaban J connectivity index is 1.32. The van der Waals surface area contributed by atoms with E-state index in [1.807, 2.05) is 4.90 Å². The zero-order valence-corrected chi connectivity index (χ0v) is 22.7. The predicted molar refractivity (Wildman–Crippen MR) is 142 cm³/mol. The molecule has 0 bridgehead atoms. The van der Waals surface area contributed by atoms with Crippen LogP contribution >= 0.6 is 0 Å². The first kappa shape index (κ1) is 30.0. The molecule has 3 rings (SSSR count). The summed E-state index contributed by atoms with van der Waals surface area (Å²) in [6, 6.07) is 5.35. The molecule has 38 heavy (non-hydrogen) atoms. The minimum Gasteiger partial charge on any atom is -0.497 e. The number of nitrogens with one attached hydrogen (secondary N) is 1. The molecule has 212 valence electrons. The zero-order chi connectivity index (χ0) is 27.3. The summed E-state index contributed by atoms with van der Waals surface area (Å²) in [6.45, 7) is 8.13. The number of halogens is 1. The maximum atomic E-state index is 14.4. The van der Waals surface area contributed by atoms with Crippen LogP contribution in [0.1, 0.15) is 18.4 Å². The van der Waals surface area contributed by atoms with E-state index in [0.29, 0.717) is 81.7 Å². The molecule has 1 N–H and O–H groups in total. The predicted octanol–water partition coefficient (Wildman–Crippen LogP) is 1.90. The van der Waals surface area contributed by atoms with E-state index in [9.17, 15) is 14.0 Å². The first-order valence-electron chi connectivity index (χ1n) is 13.3. The molecule has 0 aromatic heterocycles. The van der Waals surface area contributed by atoms with E-state index < -0.39 is 0 Å². The Bertz CT molecular complexity index is 917. The van der Waals surface area contributed by atoms with E-state index in [0.717, 1.165) is 25.9 Å². The van der Waals surface area contributed by atoms with Gasteiger partial charge in [-0.1, -0.05) is 6.58 Å². The van der Waals surface area contributed by atoms with Crippen LogP contribution in [0.5, 0.6) is 5.75 Å². The van der Waals surface area contributed by atoms with E-state index in [4.69, 9.17) is 18.9 Å². The molecule has 0 aliphatic carbocycles. The number of ether oxygens (including phenoxy) is 4. The van der Waals surface area contributed by atoms with Crippen molar-refractivity contribution in [3.63, 3.8) is 0 Å². The monoisotopic (exact) mass is 535 g/mol. The van der Waals surface area contributed by atoms with E-state index in [1.54, 1.807) is 19.2 Å². The second-order valence-electron chi connectivity index (χ2n) is 9.93. The van der Waals surface area contributed by atoms with Crippen molar-refractivity contribution >= 4 is 11.8 Å². The largest absolute Gasteiger partial charge is 0.497 e. The summed E-state index contributed by atoms with van der Waals surface area (Å²) in [6.07, 6.45) is 3.78. The number of amides is 2. The molecule has 0 unspecified atom stereocenters. The molecule has 2 heterocycles. The number of methoxy groups -OCH3 is 1. The lowest BCUT2D eigenvalue weighted by molar-refractivity contribution is -0.140. The Labute approximate surface area is 225 Å². The lowest BCUT2D eigenvalue weighted by atomic mass is 9.77. The summed E-state index contributed by atoms with van der Waals surface area (Å²) >= 11 is 0. The van der Waals surface area contributed by atoms with Gasteiger partial charge in [-0.3, -0.25) is 9.59 Å². The topological polar surface area (TPSA) is 89.6 Å². The molecule has 2 fully saturated rings. The van der Waals surface area contributed by atoms with Crippen molar-refractivity contribution in [3.05, 3.63) is 42.2 Å². The fourth-order valence-corrected chi connectivity index (χ4v) is 5.41. The van der Waals surface area contributed by atoms with Gasteiger partial charge in [0.15, 0.2) is 0 Å². The van der Waals surface area contributed by atoms with Crippen LogP contribution < -0.4 is 10.1 Å². The van der Waals surface area contributed by atoms with Crippen molar-refractivity contribution in [3.8, 4) is 5.75 Å². The smallest absolute Gasteiger partial charge is 0.248 e. The van der Waals surface area contributed by atoms with Crippen molar-refractivity contribution in [2.24, 2.45) is 11.8 Å². The molecule has 9 nitrogen and oxygen atoms in total. The Kier molecular flexibility index (Phi) is 12.5. The summed E-state index contributed by atoms with van der Waals surface area (Å²) < 4.78 is 36.0. The number of benzene rings is 1. The van der Waals surface area contributed by atoms with Gasteiger partial charge in [0, 0.05) is 32.2 Å². The second kappa shape index (κ2) is 15.8. The highest BCUT2D eigenvalue weighted by molar-refractivity contribution is 5.86. The van der Waals surface area contributed by atoms with Crippen molar-refractivity contribution in [2.75, 3.05) is 80.0 Å². The molecule has 1 aromatic rings. The summed E-state index contributed by atoms with van der Waals surface area (Å²) in [5, 5.41) is 2.62. The number of fused-ring (bicyclic) bond motifs is 1. The highest BCUT2D eigenvalue weighted by Crippen LogP contribution is 2.34. The first-order valence-corrected chi connectivity index (χ1v) is 13.3. The Hall–Kier alpha value is -2.53. The van der Waals surface area contributed by atoms with Gasteiger partial charge in [-0.2, -0.15) is 0 Å². The molecule has 0 saturated carbocycles. The molecule has 1 aromatic carbocycles. The van der Waals surface area contributed by atoms with Crippen LogP contribution in [0, 0.1) is 17.7 Å². The normalized spacial score (nSPS) is 21.6.